The van der Waals surface area contributed by atoms with Gasteiger partial charge in [0.1, 0.15) is 17.1 Å². The summed E-state index contributed by atoms with van der Waals surface area (Å²) in [5.74, 6) is 0.542. The van der Waals surface area contributed by atoms with Gasteiger partial charge in [0.15, 0.2) is 5.65 Å². The number of hydrogen-bond acceptors (Lipinski definition) is 6. The smallest absolute Gasteiger partial charge is 0.229 e. The van der Waals surface area contributed by atoms with Gasteiger partial charge in [-0.2, -0.15) is 9.97 Å². The molecule has 0 amide bonds. The van der Waals surface area contributed by atoms with Crippen molar-refractivity contribution in [3.8, 4) is 5.75 Å². The number of nitrogens with one attached hydrogen (secondary N) is 3. The van der Waals surface area contributed by atoms with Crippen LogP contribution < -0.4 is 10.6 Å². The number of aromatic amines is 1. The maximum absolute atomic E-state index is 13.7. The van der Waals surface area contributed by atoms with Gasteiger partial charge in [0, 0.05) is 5.69 Å². The molecular formula is C17H13FN6O. The first-order valence-corrected chi connectivity index (χ1v) is 7.48. The fraction of sp³-hybridized carbons (Fsp3) is 0. The summed E-state index contributed by atoms with van der Waals surface area (Å²) in [6.07, 6.45) is 1.59. The number of H-pyrrole nitrogens is 1. The molecule has 124 valence electrons. The zero-order valence-corrected chi connectivity index (χ0v) is 12.9. The maximum Gasteiger partial charge on any atom is 0.229 e. The van der Waals surface area contributed by atoms with Crippen molar-refractivity contribution in [1.29, 1.82) is 0 Å². The summed E-state index contributed by atoms with van der Waals surface area (Å²) in [4.78, 5) is 15.8. The topological polar surface area (TPSA) is 98.8 Å². The summed E-state index contributed by atoms with van der Waals surface area (Å²) in [5.41, 5.74) is 2.11. The lowest BCUT2D eigenvalue weighted by molar-refractivity contribution is 0.475. The first kappa shape index (κ1) is 14.9. The number of phenols is 1. The van der Waals surface area contributed by atoms with Gasteiger partial charge in [0.2, 0.25) is 11.9 Å². The second-order valence-electron chi connectivity index (χ2n) is 5.29. The number of aromatic nitrogens is 4. The summed E-state index contributed by atoms with van der Waals surface area (Å²) < 4.78 is 13.7. The van der Waals surface area contributed by atoms with Crippen LogP contribution in [0.3, 0.4) is 0 Å². The Hall–Kier alpha value is -3.68. The number of hydrogen-bond donors (Lipinski definition) is 4. The lowest BCUT2D eigenvalue weighted by atomic mass is 10.3. The average Bonchev–Trinajstić information content (AvgIpc) is 3.01. The van der Waals surface area contributed by atoms with Crippen molar-refractivity contribution < 1.29 is 9.50 Å². The number of rotatable bonds is 4. The number of anilines is 4. The predicted octanol–water partition coefficient (Wildman–Crippen LogP) is 3.68. The molecule has 0 aliphatic heterocycles. The quantitative estimate of drug-likeness (QED) is 0.424. The van der Waals surface area contributed by atoms with Crippen LogP contribution in [0.2, 0.25) is 0 Å². The highest BCUT2D eigenvalue weighted by molar-refractivity contribution is 5.75. The van der Waals surface area contributed by atoms with E-state index in [1.54, 1.807) is 48.7 Å². The van der Waals surface area contributed by atoms with Gasteiger partial charge < -0.3 is 20.7 Å². The Balaban J connectivity index is 1.59. The second-order valence-corrected chi connectivity index (χ2v) is 5.29. The number of para-hydroxylation sites is 1. The van der Waals surface area contributed by atoms with Crippen LogP contribution >= 0.6 is 0 Å². The van der Waals surface area contributed by atoms with E-state index in [9.17, 15) is 9.50 Å². The van der Waals surface area contributed by atoms with Crippen LogP contribution in [-0.2, 0) is 0 Å². The second kappa shape index (κ2) is 6.08. The fourth-order valence-electron chi connectivity index (χ4n) is 2.29. The van der Waals surface area contributed by atoms with E-state index in [-0.39, 0.29) is 11.6 Å². The molecule has 2 heterocycles. The molecule has 0 unspecified atom stereocenters. The lowest BCUT2D eigenvalue weighted by Crippen LogP contribution is -1.96. The molecule has 8 heteroatoms. The molecule has 4 rings (SSSR count). The number of halogens is 1. The van der Waals surface area contributed by atoms with Crippen molar-refractivity contribution in [2.24, 2.45) is 0 Å². The molecule has 0 aliphatic carbocycles. The number of fused-ring (bicyclic) bond motifs is 1. The molecule has 7 nitrogen and oxygen atoms in total. The van der Waals surface area contributed by atoms with Crippen LogP contribution in [0, 0.1) is 5.82 Å². The first-order valence-electron chi connectivity index (χ1n) is 7.48. The third kappa shape index (κ3) is 3.18. The van der Waals surface area contributed by atoms with Gasteiger partial charge in [-0.25, -0.2) is 9.37 Å². The van der Waals surface area contributed by atoms with Crippen LogP contribution in [0.15, 0.2) is 54.7 Å². The van der Waals surface area contributed by atoms with Crippen molar-refractivity contribution in [2.45, 2.75) is 0 Å². The van der Waals surface area contributed by atoms with Crippen LogP contribution in [0.1, 0.15) is 0 Å². The minimum absolute atomic E-state index is 0.179. The summed E-state index contributed by atoms with van der Waals surface area (Å²) >= 11 is 0. The van der Waals surface area contributed by atoms with Crippen molar-refractivity contribution in [1.82, 2.24) is 19.9 Å². The van der Waals surface area contributed by atoms with E-state index < -0.39 is 0 Å². The van der Waals surface area contributed by atoms with Gasteiger partial charge in [-0.1, -0.05) is 12.1 Å². The Morgan fingerprint density at radius 3 is 2.56 bits per heavy atom. The van der Waals surface area contributed by atoms with E-state index in [1.165, 1.54) is 6.07 Å². The van der Waals surface area contributed by atoms with Crippen LogP contribution in [0.4, 0.5) is 27.7 Å². The third-order valence-corrected chi connectivity index (χ3v) is 3.49. The summed E-state index contributed by atoms with van der Waals surface area (Å²) in [5, 5.41) is 15.2. The summed E-state index contributed by atoms with van der Waals surface area (Å²) in [6.45, 7) is 0. The molecule has 4 N–H and O–H groups in total. The normalized spacial score (nSPS) is 10.8. The highest BCUT2D eigenvalue weighted by Gasteiger charge is 2.08. The zero-order chi connectivity index (χ0) is 17.2. The van der Waals surface area contributed by atoms with Crippen molar-refractivity contribution >= 4 is 34.4 Å². The molecule has 0 fully saturated rings. The number of imidazole rings is 1. The van der Waals surface area contributed by atoms with Crippen molar-refractivity contribution in [3.63, 3.8) is 0 Å². The Labute approximate surface area is 141 Å². The molecule has 0 radical (unpaired) electrons. The van der Waals surface area contributed by atoms with Crippen LogP contribution in [0.25, 0.3) is 11.2 Å². The van der Waals surface area contributed by atoms with Gasteiger partial charge in [0.05, 0.1) is 11.9 Å². The standard InChI is InChI=1S/C17H13FN6O/c18-12-3-1-2-4-13(12)21-17-22-14-9-19-16(23-15(14)24-17)20-10-5-7-11(25)8-6-10/h1-9,25H,(H3,19,20,21,22,23,24). The number of nitrogens with zero attached hydrogens (tertiary/aromatic N) is 3. The van der Waals surface area contributed by atoms with E-state index in [4.69, 9.17) is 0 Å². The molecule has 2 aromatic heterocycles. The molecule has 0 spiro atoms. The highest BCUT2D eigenvalue weighted by Crippen LogP contribution is 2.21. The van der Waals surface area contributed by atoms with Crippen LogP contribution in [-0.4, -0.2) is 25.0 Å². The number of benzene rings is 2. The molecule has 25 heavy (non-hydrogen) atoms. The Morgan fingerprint density at radius 1 is 0.960 bits per heavy atom. The summed E-state index contributed by atoms with van der Waals surface area (Å²) in [7, 11) is 0. The molecule has 4 aromatic rings. The third-order valence-electron chi connectivity index (χ3n) is 3.49. The van der Waals surface area contributed by atoms with E-state index >= 15 is 0 Å². The molecule has 0 atom stereocenters. The van der Waals surface area contributed by atoms with Crippen LogP contribution in [0.5, 0.6) is 5.75 Å². The largest absolute Gasteiger partial charge is 0.508 e. The summed E-state index contributed by atoms with van der Waals surface area (Å²) in [6, 6.07) is 12.9. The zero-order valence-electron chi connectivity index (χ0n) is 12.9. The maximum atomic E-state index is 13.7. The minimum Gasteiger partial charge on any atom is -0.508 e. The minimum atomic E-state index is -0.372. The average molecular weight is 336 g/mol. The van der Waals surface area contributed by atoms with Gasteiger partial charge >= 0.3 is 0 Å². The van der Waals surface area contributed by atoms with Crippen molar-refractivity contribution in [2.75, 3.05) is 10.6 Å². The molecule has 0 saturated heterocycles. The van der Waals surface area contributed by atoms with E-state index in [2.05, 4.69) is 30.6 Å². The molecule has 2 aromatic carbocycles. The Kier molecular flexibility index (Phi) is 3.62. The molecule has 0 aliphatic rings. The number of phenolic OH excluding ortho intramolecular Hbond substituents is 1. The fourth-order valence-corrected chi connectivity index (χ4v) is 2.29. The number of aromatic hydroxyl groups is 1. The van der Waals surface area contributed by atoms with E-state index in [0.29, 0.717) is 28.7 Å². The monoisotopic (exact) mass is 336 g/mol. The first-order chi connectivity index (χ1) is 12.2. The van der Waals surface area contributed by atoms with Gasteiger partial charge in [-0.3, -0.25) is 0 Å². The van der Waals surface area contributed by atoms with E-state index in [0.717, 1.165) is 5.69 Å². The van der Waals surface area contributed by atoms with Gasteiger partial charge in [-0.05, 0) is 36.4 Å². The SMILES string of the molecule is Oc1ccc(Nc2ncc3[nH]c(Nc4ccccc4F)nc3n2)cc1. The van der Waals surface area contributed by atoms with Crippen molar-refractivity contribution in [3.05, 3.63) is 60.5 Å². The lowest BCUT2D eigenvalue weighted by Gasteiger charge is -2.03. The Bertz CT molecular complexity index is 1030. The molecule has 0 bridgehead atoms. The van der Waals surface area contributed by atoms with Gasteiger partial charge in [-0.15, -0.1) is 0 Å². The molecule has 0 saturated carbocycles. The Morgan fingerprint density at radius 2 is 1.76 bits per heavy atom. The highest BCUT2D eigenvalue weighted by atomic mass is 19.1. The predicted molar refractivity (Wildman–Crippen MR) is 92.8 cm³/mol. The van der Waals surface area contributed by atoms with Gasteiger partial charge in [0.25, 0.3) is 0 Å². The van der Waals surface area contributed by atoms with E-state index in [1.807, 2.05) is 0 Å². The molecular weight excluding hydrogens is 323 g/mol.